The normalized spacial score (nSPS) is 23.8. The molecule has 1 heterocycles. The van der Waals surface area contributed by atoms with Crippen LogP contribution in [0, 0.1) is 11.8 Å². The SMILES string of the molecule is O=C(Nc1cccc(C(F)(F)F)c1)C1CCC(C(=O)N2CCCCCC2)CC1. The third-order valence-corrected chi connectivity index (χ3v) is 5.82. The van der Waals surface area contributed by atoms with E-state index in [1.54, 1.807) is 0 Å². The number of anilines is 1. The van der Waals surface area contributed by atoms with Gasteiger partial charge in [-0.2, -0.15) is 13.2 Å². The highest BCUT2D eigenvalue weighted by atomic mass is 19.4. The fourth-order valence-corrected chi connectivity index (χ4v) is 4.17. The number of amides is 2. The van der Waals surface area contributed by atoms with E-state index in [0.717, 1.165) is 38.1 Å². The van der Waals surface area contributed by atoms with Gasteiger partial charge in [-0.3, -0.25) is 9.59 Å². The van der Waals surface area contributed by atoms with Gasteiger partial charge < -0.3 is 10.2 Å². The van der Waals surface area contributed by atoms with Crippen LogP contribution in [0.3, 0.4) is 0 Å². The van der Waals surface area contributed by atoms with E-state index in [1.165, 1.54) is 25.0 Å². The van der Waals surface area contributed by atoms with Crippen LogP contribution in [0.15, 0.2) is 24.3 Å². The van der Waals surface area contributed by atoms with Crippen molar-refractivity contribution in [3.63, 3.8) is 0 Å². The molecule has 1 saturated heterocycles. The number of nitrogens with zero attached hydrogens (tertiary/aromatic N) is 1. The van der Waals surface area contributed by atoms with Gasteiger partial charge in [0.25, 0.3) is 0 Å². The zero-order valence-corrected chi connectivity index (χ0v) is 15.9. The van der Waals surface area contributed by atoms with Crippen molar-refractivity contribution in [2.45, 2.75) is 57.5 Å². The summed E-state index contributed by atoms with van der Waals surface area (Å²) in [5.41, 5.74) is -0.625. The van der Waals surface area contributed by atoms with E-state index in [1.807, 2.05) is 4.90 Å². The Balaban J connectivity index is 1.52. The van der Waals surface area contributed by atoms with Crippen molar-refractivity contribution in [2.24, 2.45) is 11.8 Å². The van der Waals surface area contributed by atoms with E-state index in [2.05, 4.69) is 5.32 Å². The molecule has 0 spiro atoms. The first kappa shape index (κ1) is 20.7. The van der Waals surface area contributed by atoms with Crippen molar-refractivity contribution in [1.29, 1.82) is 0 Å². The first-order valence-corrected chi connectivity index (χ1v) is 10.1. The molecule has 1 aromatic rings. The van der Waals surface area contributed by atoms with E-state index in [9.17, 15) is 22.8 Å². The van der Waals surface area contributed by atoms with Crippen LogP contribution < -0.4 is 5.32 Å². The monoisotopic (exact) mass is 396 g/mol. The van der Waals surface area contributed by atoms with Crippen LogP contribution in [-0.4, -0.2) is 29.8 Å². The summed E-state index contributed by atoms with van der Waals surface area (Å²) in [5, 5.41) is 2.61. The number of hydrogen-bond acceptors (Lipinski definition) is 2. The first-order valence-electron chi connectivity index (χ1n) is 10.1. The first-order chi connectivity index (χ1) is 13.3. The number of rotatable bonds is 3. The lowest BCUT2D eigenvalue weighted by Gasteiger charge is -2.31. The van der Waals surface area contributed by atoms with Gasteiger partial charge in [0.15, 0.2) is 0 Å². The number of halogens is 3. The molecule has 3 rings (SSSR count). The molecular formula is C21H27F3N2O2. The van der Waals surface area contributed by atoms with Gasteiger partial charge in [-0.25, -0.2) is 0 Å². The highest BCUT2D eigenvalue weighted by Gasteiger charge is 2.33. The van der Waals surface area contributed by atoms with Crippen LogP contribution in [0.2, 0.25) is 0 Å². The van der Waals surface area contributed by atoms with Gasteiger partial charge in [0, 0.05) is 30.6 Å². The summed E-state index contributed by atoms with van der Waals surface area (Å²) >= 11 is 0. The lowest BCUT2D eigenvalue weighted by molar-refractivity contribution is -0.138. The Morgan fingerprint density at radius 2 is 1.54 bits per heavy atom. The molecule has 1 saturated carbocycles. The molecule has 28 heavy (non-hydrogen) atoms. The van der Waals surface area contributed by atoms with Crippen LogP contribution in [0.25, 0.3) is 0 Å². The molecule has 2 fully saturated rings. The predicted molar refractivity (Wildman–Crippen MR) is 101 cm³/mol. The number of carbonyl (C=O) groups excluding carboxylic acids is 2. The molecule has 0 radical (unpaired) electrons. The molecule has 0 unspecified atom stereocenters. The molecule has 1 N–H and O–H groups in total. The van der Waals surface area contributed by atoms with Crippen LogP contribution >= 0.6 is 0 Å². The van der Waals surface area contributed by atoms with Gasteiger partial charge in [0.1, 0.15) is 0 Å². The van der Waals surface area contributed by atoms with Crippen molar-refractivity contribution >= 4 is 17.5 Å². The lowest BCUT2D eigenvalue weighted by atomic mass is 9.81. The minimum atomic E-state index is -4.44. The Hall–Kier alpha value is -2.05. The van der Waals surface area contributed by atoms with Gasteiger partial charge >= 0.3 is 6.18 Å². The van der Waals surface area contributed by atoms with Crippen molar-refractivity contribution < 1.29 is 22.8 Å². The third-order valence-electron chi connectivity index (χ3n) is 5.82. The molecule has 154 valence electrons. The molecule has 1 aromatic carbocycles. The van der Waals surface area contributed by atoms with Gasteiger partial charge in [-0.1, -0.05) is 18.9 Å². The summed E-state index contributed by atoms with van der Waals surface area (Å²) in [6.07, 6.45) is 2.53. The van der Waals surface area contributed by atoms with E-state index in [-0.39, 0.29) is 29.3 Å². The molecule has 2 amide bonds. The van der Waals surface area contributed by atoms with E-state index in [0.29, 0.717) is 25.7 Å². The zero-order chi connectivity index (χ0) is 20.1. The van der Waals surface area contributed by atoms with Gasteiger partial charge in [0.05, 0.1) is 5.56 Å². The molecule has 2 aliphatic rings. The molecule has 1 aliphatic heterocycles. The molecule has 0 bridgehead atoms. The number of carbonyl (C=O) groups is 2. The maximum absolute atomic E-state index is 12.8. The molecule has 4 nitrogen and oxygen atoms in total. The second kappa shape index (κ2) is 8.97. The van der Waals surface area contributed by atoms with Gasteiger partial charge in [0.2, 0.25) is 11.8 Å². The average Bonchev–Trinajstić information content (AvgIpc) is 2.96. The lowest BCUT2D eigenvalue weighted by Crippen LogP contribution is -2.39. The number of benzene rings is 1. The predicted octanol–water partition coefficient (Wildman–Crippen LogP) is 4.85. The fraction of sp³-hybridized carbons (Fsp3) is 0.619. The topological polar surface area (TPSA) is 49.4 Å². The quantitative estimate of drug-likeness (QED) is 0.794. The molecule has 0 aromatic heterocycles. The minimum Gasteiger partial charge on any atom is -0.342 e. The van der Waals surface area contributed by atoms with Crippen molar-refractivity contribution in [3.8, 4) is 0 Å². The highest BCUT2D eigenvalue weighted by molar-refractivity contribution is 5.92. The summed E-state index contributed by atoms with van der Waals surface area (Å²) in [5.74, 6) is -0.350. The standard InChI is InChI=1S/C21H27F3N2O2/c22-21(23,24)17-6-5-7-18(14-17)25-19(27)15-8-10-16(11-9-15)20(28)26-12-3-1-2-4-13-26/h5-7,14-16H,1-4,8-13H2,(H,25,27). The molecule has 1 aliphatic carbocycles. The maximum atomic E-state index is 12.8. The van der Waals surface area contributed by atoms with Gasteiger partial charge in [-0.05, 0) is 56.7 Å². The summed E-state index contributed by atoms with van der Waals surface area (Å²) < 4.78 is 38.4. The largest absolute Gasteiger partial charge is 0.416 e. The Morgan fingerprint density at radius 3 is 2.14 bits per heavy atom. The number of likely N-dealkylation sites (tertiary alicyclic amines) is 1. The van der Waals surface area contributed by atoms with E-state index < -0.39 is 11.7 Å². The maximum Gasteiger partial charge on any atom is 0.416 e. The average molecular weight is 396 g/mol. The van der Waals surface area contributed by atoms with Crippen molar-refractivity contribution in [2.75, 3.05) is 18.4 Å². The molecule has 0 atom stereocenters. The summed E-state index contributed by atoms with van der Waals surface area (Å²) in [6.45, 7) is 1.66. The summed E-state index contributed by atoms with van der Waals surface area (Å²) in [6, 6.07) is 4.68. The highest BCUT2D eigenvalue weighted by Crippen LogP contribution is 2.33. The summed E-state index contributed by atoms with van der Waals surface area (Å²) in [7, 11) is 0. The molecular weight excluding hydrogens is 369 g/mol. The Bertz CT molecular complexity index is 689. The summed E-state index contributed by atoms with van der Waals surface area (Å²) in [4.78, 5) is 27.2. The fourth-order valence-electron chi connectivity index (χ4n) is 4.17. The minimum absolute atomic E-state index is 0.0318. The van der Waals surface area contributed by atoms with Crippen molar-refractivity contribution in [1.82, 2.24) is 4.90 Å². The number of alkyl halides is 3. The van der Waals surface area contributed by atoms with E-state index >= 15 is 0 Å². The smallest absolute Gasteiger partial charge is 0.342 e. The van der Waals surface area contributed by atoms with Crippen LogP contribution in [-0.2, 0) is 15.8 Å². The van der Waals surface area contributed by atoms with E-state index in [4.69, 9.17) is 0 Å². The zero-order valence-electron chi connectivity index (χ0n) is 15.9. The van der Waals surface area contributed by atoms with Crippen molar-refractivity contribution in [3.05, 3.63) is 29.8 Å². The Morgan fingerprint density at radius 1 is 0.929 bits per heavy atom. The Kier molecular flexibility index (Phi) is 6.62. The number of nitrogens with one attached hydrogen (secondary N) is 1. The van der Waals surface area contributed by atoms with Gasteiger partial charge in [-0.15, -0.1) is 0 Å². The van der Waals surface area contributed by atoms with Crippen LogP contribution in [0.5, 0.6) is 0 Å². The second-order valence-electron chi connectivity index (χ2n) is 7.86. The van der Waals surface area contributed by atoms with Crippen LogP contribution in [0.4, 0.5) is 18.9 Å². The second-order valence-corrected chi connectivity index (χ2v) is 7.86. The third kappa shape index (κ3) is 5.26. The number of hydrogen-bond donors (Lipinski definition) is 1. The van der Waals surface area contributed by atoms with Crippen LogP contribution in [0.1, 0.15) is 56.9 Å². The molecule has 7 heteroatoms. The Labute approximate surface area is 163 Å².